The summed E-state index contributed by atoms with van der Waals surface area (Å²) < 4.78 is 6.03. The van der Waals surface area contributed by atoms with Crippen LogP contribution in [-0.4, -0.2) is 23.3 Å². The molecular formula is C13H27NO. The van der Waals surface area contributed by atoms with Gasteiger partial charge >= 0.3 is 0 Å². The Hall–Kier alpha value is -0.0800. The monoisotopic (exact) mass is 213 g/mol. The second-order valence-corrected chi connectivity index (χ2v) is 6.42. The van der Waals surface area contributed by atoms with Crippen LogP contribution >= 0.6 is 0 Å². The second-order valence-electron chi connectivity index (χ2n) is 6.42. The molecule has 1 N–H and O–H groups in total. The third kappa shape index (κ3) is 4.52. The van der Waals surface area contributed by atoms with Gasteiger partial charge in [-0.25, -0.2) is 0 Å². The largest absolute Gasteiger partial charge is 0.372 e. The van der Waals surface area contributed by atoms with Crippen LogP contribution in [0.4, 0.5) is 0 Å². The van der Waals surface area contributed by atoms with Crippen molar-refractivity contribution in [1.82, 2.24) is 5.32 Å². The Morgan fingerprint density at radius 3 is 2.07 bits per heavy atom. The number of hydrogen-bond acceptors (Lipinski definition) is 2. The Labute approximate surface area is 94.8 Å². The van der Waals surface area contributed by atoms with Gasteiger partial charge in [0.1, 0.15) is 0 Å². The van der Waals surface area contributed by atoms with Crippen LogP contribution in [0.2, 0.25) is 0 Å². The maximum atomic E-state index is 6.03. The Morgan fingerprint density at radius 2 is 1.67 bits per heavy atom. The molecule has 90 valence electrons. The van der Waals surface area contributed by atoms with Gasteiger partial charge in [-0.15, -0.1) is 0 Å². The molecule has 0 aromatic heterocycles. The Morgan fingerprint density at radius 1 is 1.13 bits per heavy atom. The first-order valence-electron chi connectivity index (χ1n) is 6.17. The Bertz CT molecular complexity index is 199. The van der Waals surface area contributed by atoms with Crippen LogP contribution in [0.15, 0.2) is 0 Å². The molecule has 2 nitrogen and oxygen atoms in total. The highest BCUT2D eigenvalue weighted by molar-refractivity contribution is 4.91. The van der Waals surface area contributed by atoms with Crippen LogP contribution in [0.1, 0.15) is 60.8 Å². The molecule has 0 unspecified atom stereocenters. The fourth-order valence-electron chi connectivity index (χ4n) is 1.93. The van der Waals surface area contributed by atoms with E-state index in [0.29, 0.717) is 12.1 Å². The highest BCUT2D eigenvalue weighted by Crippen LogP contribution is 2.30. The summed E-state index contributed by atoms with van der Waals surface area (Å²) in [6.45, 7) is 13.2. The molecule has 2 heteroatoms. The first kappa shape index (κ1) is 13.0. The highest BCUT2D eigenvalue weighted by Gasteiger charge is 2.35. The summed E-state index contributed by atoms with van der Waals surface area (Å²) in [7, 11) is 0. The molecule has 0 aliphatic heterocycles. The Balaban J connectivity index is 2.21. The molecule has 0 aromatic carbocycles. The molecule has 1 fully saturated rings. The molecule has 0 bridgehead atoms. The molecule has 1 saturated carbocycles. The van der Waals surface area contributed by atoms with Crippen molar-refractivity contribution in [3.05, 3.63) is 0 Å². The Kier molecular flexibility index (Phi) is 3.83. The number of ether oxygens (including phenoxy) is 1. The molecule has 1 aliphatic carbocycles. The lowest BCUT2D eigenvalue weighted by atomic mass is 9.86. The molecule has 1 aliphatic rings. The summed E-state index contributed by atoms with van der Waals surface area (Å²) in [5.74, 6) is 0. The first-order valence-corrected chi connectivity index (χ1v) is 6.17. The average molecular weight is 213 g/mol. The van der Waals surface area contributed by atoms with Crippen molar-refractivity contribution in [2.24, 2.45) is 0 Å². The minimum Gasteiger partial charge on any atom is -0.372 e. The molecule has 1 rings (SSSR count). The maximum Gasteiger partial charge on any atom is 0.0627 e. The maximum absolute atomic E-state index is 6.03. The van der Waals surface area contributed by atoms with Crippen LogP contribution in [0, 0.1) is 0 Å². The van der Waals surface area contributed by atoms with E-state index in [1.807, 2.05) is 0 Å². The molecule has 0 radical (unpaired) electrons. The summed E-state index contributed by atoms with van der Waals surface area (Å²) in [6, 6.07) is 0.655. The average Bonchev–Trinajstić information content (AvgIpc) is 1.98. The summed E-state index contributed by atoms with van der Waals surface area (Å²) in [5.41, 5.74) is 0.285. The van der Waals surface area contributed by atoms with Gasteiger partial charge in [0.15, 0.2) is 0 Å². The van der Waals surface area contributed by atoms with Crippen LogP contribution < -0.4 is 5.32 Å². The smallest absolute Gasteiger partial charge is 0.0627 e. The van der Waals surface area contributed by atoms with E-state index in [9.17, 15) is 0 Å². The van der Waals surface area contributed by atoms with Gasteiger partial charge in [0.05, 0.1) is 11.7 Å². The highest BCUT2D eigenvalue weighted by atomic mass is 16.5. The van der Waals surface area contributed by atoms with Gasteiger partial charge in [-0.2, -0.15) is 0 Å². The van der Waals surface area contributed by atoms with E-state index in [4.69, 9.17) is 4.74 Å². The van der Waals surface area contributed by atoms with Crippen molar-refractivity contribution in [3.8, 4) is 0 Å². The van der Waals surface area contributed by atoms with Gasteiger partial charge in [0, 0.05) is 11.6 Å². The summed E-state index contributed by atoms with van der Waals surface area (Å²) in [4.78, 5) is 0. The zero-order chi connectivity index (χ0) is 11.7. The van der Waals surface area contributed by atoms with Crippen LogP contribution in [0.3, 0.4) is 0 Å². The summed E-state index contributed by atoms with van der Waals surface area (Å²) in [6.07, 6.45) is 3.89. The third-order valence-electron chi connectivity index (χ3n) is 3.07. The van der Waals surface area contributed by atoms with Gasteiger partial charge in [0.25, 0.3) is 0 Å². The second kappa shape index (κ2) is 4.42. The van der Waals surface area contributed by atoms with Crippen LogP contribution in [0.25, 0.3) is 0 Å². The van der Waals surface area contributed by atoms with Crippen molar-refractivity contribution in [2.45, 2.75) is 84.1 Å². The van der Waals surface area contributed by atoms with E-state index in [1.165, 1.54) is 12.8 Å². The molecule has 0 atom stereocenters. The van der Waals surface area contributed by atoms with Gasteiger partial charge in [-0.05, 0) is 53.9 Å². The van der Waals surface area contributed by atoms with Crippen molar-refractivity contribution < 1.29 is 4.74 Å². The van der Waals surface area contributed by atoms with Crippen LogP contribution in [-0.2, 0) is 4.74 Å². The molecule has 0 amide bonds. The normalized spacial score (nSPS) is 27.6. The van der Waals surface area contributed by atoms with Crippen molar-refractivity contribution in [1.29, 1.82) is 0 Å². The lowest BCUT2D eigenvalue weighted by Gasteiger charge is -2.43. The molecule has 15 heavy (non-hydrogen) atoms. The minimum atomic E-state index is 0.0529. The quantitative estimate of drug-likeness (QED) is 0.775. The fraction of sp³-hybridized carbons (Fsp3) is 1.00. The van der Waals surface area contributed by atoms with E-state index in [-0.39, 0.29) is 11.1 Å². The predicted octanol–water partition coefficient (Wildman–Crippen LogP) is 3.11. The van der Waals surface area contributed by atoms with Crippen molar-refractivity contribution in [2.75, 3.05) is 0 Å². The molecule has 0 aromatic rings. The van der Waals surface area contributed by atoms with E-state index in [2.05, 4.69) is 46.9 Å². The lowest BCUT2D eigenvalue weighted by molar-refractivity contribution is -0.115. The zero-order valence-electron chi connectivity index (χ0n) is 11.2. The van der Waals surface area contributed by atoms with Crippen molar-refractivity contribution in [3.63, 3.8) is 0 Å². The van der Waals surface area contributed by atoms with E-state index in [1.54, 1.807) is 0 Å². The van der Waals surface area contributed by atoms with E-state index < -0.39 is 0 Å². The standard InChI is InChI=1S/C13H27NO/c1-7-13(5,6)15-11-8-10(9-11)14-12(2,3)4/h10-11,14H,7-9H2,1-6H3. The van der Waals surface area contributed by atoms with Gasteiger partial charge < -0.3 is 10.1 Å². The summed E-state index contributed by atoms with van der Waals surface area (Å²) in [5, 5.41) is 3.61. The molecule has 0 heterocycles. The number of nitrogens with one attached hydrogen (secondary N) is 1. The molecule has 0 saturated heterocycles. The third-order valence-corrected chi connectivity index (χ3v) is 3.07. The number of hydrogen-bond donors (Lipinski definition) is 1. The zero-order valence-corrected chi connectivity index (χ0v) is 11.2. The van der Waals surface area contributed by atoms with E-state index in [0.717, 1.165) is 6.42 Å². The van der Waals surface area contributed by atoms with E-state index >= 15 is 0 Å². The van der Waals surface area contributed by atoms with Crippen LogP contribution in [0.5, 0.6) is 0 Å². The number of rotatable bonds is 4. The predicted molar refractivity (Wildman–Crippen MR) is 65.2 cm³/mol. The molecular weight excluding hydrogens is 186 g/mol. The topological polar surface area (TPSA) is 21.3 Å². The lowest BCUT2D eigenvalue weighted by Crippen LogP contribution is -2.53. The first-order chi connectivity index (χ1) is 6.72. The van der Waals surface area contributed by atoms with Gasteiger partial charge in [-0.1, -0.05) is 6.92 Å². The molecule has 0 spiro atoms. The summed E-state index contributed by atoms with van der Waals surface area (Å²) >= 11 is 0. The van der Waals surface area contributed by atoms with Crippen molar-refractivity contribution >= 4 is 0 Å². The fourth-order valence-corrected chi connectivity index (χ4v) is 1.93. The van der Waals surface area contributed by atoms with Gasteiger partial charge in [0.2, 0.25) is 0 Å². The van der Waals surface area contributed by atoms with Gasteiger partial charge in [-0.3, -0.25) is 0 Å². The minimum absolute atomic E-state index is 0.0529. The SMILES string of the molecule is CCC(C)(C)OC1CC(NC(C)(C)C)C1.